The summed E-state index contributed by atoms with van der Waals surface area (Å²) in [6, 6.07) is 0.00593. The number of hydrogen-bond donors (Lipinski definition) is 1. The number of amides is 2. The van der Waals surface area contributed by atoms with Crippen LogP contribution in [0.5, 0.6) is 0 Å². The first-order valence-corrected chi connectivity index (χ1v) is 8.65. The molecule has 4 nitrogen and oxygen atoms in total. The van der Waals surface area contributed by atoms with Crippen LogP contribution in [0.3, 0.4) is 0 Å². The standard InChI is InChI=1S/C16H28F3N3O/c1-13-3-10-22(11-4-13)15(23)20-7-2-14-5-8-21(9-6-14)12-16(17,18)19/h13-14H,2-12H2,1H3,(H,20,23). The van der Waals surface area contributed by atoms with E-state index in [-0.39, 0.29) is 6.03 Å². The SMILES string of the molecule is CC1CCN(C(=O)NCCC2CCN(CC(F)(F)F)CC2)CC1. The molecule has 134 valence electrons. The van der Waals surface area contributed by atoms with Crippen LogP contribution in [0.15, 0.2) is 0 Å². The fourth-order valence-electron chi connectivity index (χ4n) is 3.39. The van der Waals surface area contributed by atoms with Crippen LogP contribution in [-0.4, -0.2) is 61.3 Å². The van der Waals surface area contributed by atoms with Crippen molar-refractivity contribution >= 4 is 6.03 Å². The summed E-state index contributed by atoms with van der Waals surface area (Å²) in [4.78, 5) is 15.4. The summed E-state index contributed by atoms with van der Waals surface area (Å²) in [6.45, 7) is 4.68. The van der Waals surface area contributed by atoms with E-state index in [2.05, 4.69) is 12.2 Å². The maximum Gasteiger partial charge on any atom is 0.401 e. The summed E-state index contributed by atoms with van der Waals surface area (Å²) in [7, 11) is 0. The lowest BCUT2D eigenvalue weighted by molar-refractivity contribution is -0.148. The van der Waals surface area contributed by atoms with Gasteiger partial charge in [0.15, 0.2) is 0 Å². The van der Waals surface area contributed by atoms with E-state index >= 15 is 0 Å². The van der Waals surface area contributed by atoms with Crippen LogP contribution < -0.4 is 5.32 Å². The maximum absolute atomic E-state index is 12.3. The van der Waals surface area contributed by atoms with Crippen LogP contribution in [0.4, 0.5) is 18.0 Å². The number of urea groups is 1. The van der Waals surface area contributed by atoms with Gasteiger partial charge in [0.25, 0.3) is 0 Å². The molecular weight excluding hydrogens is 307 g/mol. The third kappa shape index (κ3) is 6.57. The Labute approximate surface area is 136 Å². The number of nitrogens with one attached hydrogen (secondary N) is 1. The molecule has 2 aliphatic rings. The fraction of sp³-hybridized carbons (Fsp3) is 0.938. The van der Waals surface area contributed by atoms with E-state index in [0.717, 1.165) is 45.2 Å². The molecule has 2 saturated heterocycles. The van der Waals surface area contributed by atoms with Crippen LogP contribution in [0.2, 0.25) is 0 Å². The number of alkyl halides is 3. The second-order valence-electron chi connectivity index (χ2n) is 7.02. The lowest BCUT2D eigenvalue weighted by Gasteiger charge is -2.33. The number of nitrogens with zero attached hydrogens (tertiary/aromatic N) is 2. The molecule has 2 rings (SSSR count). The van der Waals surface area contributed by atoms with Gasteiger partial charge in [0.2, 0.25) is 0 Å². The van der Waals surface area contributed by atoms with Crippen molar-refractivity contribution in [2.75, 3.05) is 39.3 Å². The van der Waals surface area contributed by atoms with Crippen LogP contribution >= 0.6 is 0 Å². The van der Waals surface area contributed by atoms with E-state index in [1.807, 2.05) is 4.90 Å². The van der Waals surface area contributed by atoms with Crippen molar-refractivity contribution in [3.8, 4) is 0 Å². The largest absolute Gasteiger partial charge is 0.401 e. The van der Waals surface area contributed by atoms with Gasteiger partial charge in [0.1, 0.15) is 0 Å². The number of halogens is 3. The third-order valence-corrected chi connectivity index (χ3v) is 5.01. The molecule has 0 aliphatic carbocycles. The van der Waals surface area contributed by atoms with E-state index < -0.39 is 12.7 Å². The van der Waals surface area contributed by atoms with Gasteiger partial charge < -0.3 is 10.2 Å². The lowest BCUT2D eigenvalue weighted by atomic mass is 9.93. The van der Waals surface area contributed by atoms with Crippen molar-refractivity contribution in [3.63, 3.8) is 0 Å². The molecule has 0 aromatic rings. The predicted molar refractivity (Wildman–Crippen MR) is 83.2 cm³/mol. The topological polar surface area (TPSA) is 35.6 Å². The summed E-state index contributed by atoms with van der Waals surface area (Å²) in [5.41, 5.74) is 0. The minimum atomic E-state index is -4.10. The Morgan fingerprint density at radius 2 is 1.70 bits per heavy atom. The second kappa shape index (κ2) is 8.22. The number of likely N-dealkylation sites (tertiary alicyclic amines) is 2. The molecule has 0 saturated carbocycles. The van der Waals surface area contributed by atoms with Crippen LogP contribution in [0, 0.1) is 11.8 Å². The van der Waals surface area contributed by atoms with Crippen molar-refractivity contribution in [1.82, 2.24) is 15.1 Å². The van der Waals surface area contributed by atoms with Crippen molar-refractivity contribution in [2.45, 2.75) is 45.2 Å². The monoisotopic (exact) mass is 335 g/mol. The average molecular weight is 335 g/mol. The maximum atomic E-state index is 12.3. The molecule has 23 heavy (non-hydrogen) atoms. The van der Waals surface area contributed by atoms with Gasteiger partial charge in [0, 0.05) is 19.6 Å². The molecule has 2 amide bonds. The molecule has 1 N–H and O–H groups in total. The van der Waals surface area contributed by atoms with Gasteiger partial charge in [-0.2, -0.15) is 13.2 Å². The van der Waals surface area contributed by atoms with Crippen LogP contribution in [0.25, 0.3) is 0 Å². The van der Waals surface area contributed by atoms with Crippen LogP contribution in [0.1, 0.15) is 39.0 Å². The van der Waals surface area contributed by atoms with Gasteiger partial charge in [-0.3, -0.25) is 4.90 Å². The summed E-state index contributed by atoms with van der Waals surface area (Å²) in [5, 5.41) is 2.96. The minimum absolute atomic E-state index is 0.00593. The first kappa shape index (κ1) is 18.4. The van der Waals surface area contributed by atoms with Gasteiger partial charge in [-0.25, -0.2) is 4.79 Å². The van der Waals surface area contributed by atoms with E-state index in [0.29, 0.717) is 31.5 Å². The third-order valence-electron chi connectivity index (χ3n) is 5.01. The quantitative estimate of drug-likeness (QED) is 0.857. The Morgan fingerprint density at radius 1 is 1.09 bits per heavy atom. The zero-order chi connectivity index (χ0) is 16.9. The van der Waals surface area contributed by atoms with E-state index in [1.54, 1.807) is 0 Å². The van der Waals surface area contributed by atoms with Crippen molar-refractivity contribution in [3.05, 3.63) is 0 Å². The van der Waals surface area contributed by atoms with Crippen molar-refractivity contribution in [1.29, 1.82) is 0 Å². The zero-order valence-electron chi connectivity index (χ0n) is 13.9. The first-order valence-electron chi connectivity index (χ1n) is 8.65. The Hall–Kier alpha value is -0.980. The average Bonchev–Trinajstić information content (AvgIpc) is 2.48. The van der Waals surface area contributed by atoms with Crippen molar-refractivity contribution < 1.29 is 18.0 Å². The highest BCUT2D eigenvalue weighted by Crippen LogP contribution is 2.24. The van der Waals surface area contributed by atoms with E-state index in [4.69, 9.17) is 0 Å². The number of piperidine rings is 2. The number of carbonyl (C=O) groups is 1. The summed E-state index contributed by atoms with van der Waals surface area (Å²) in [6.07, 6.45) is 0.444. The highest BCUT2D eigenvalue weighted by Gasteiger charge is 2.32. The van der Waals surface area contributed by atoms with E-state index in [1.165, 1.54) is 4.90 Å². The number of carbonyl (C=O) groups excluding carboxylic acids is 1. The molecule has 0 atom stereocenters. The molecule has 0 spiro atoms. The number of rotatable bonds is 4. The fourth-order valence-corrected chi connectivity index (χ4v) is 3.39. The van der Waals surface area contributed by atoms with Gasteiger partial charge in [0.05, 0.1) is 6.54 Å². The second-order valence-corrected chi connectivity index (χ2v) is 7.02. The highest BCUT2D eigenvalue weighted by molar-refractivity contribution is 5.74. The zero-order valence-corrected chi connectivity index (χ0v) is 13.9. The summed E-state index contributed by atoms with van der Waals surface area (Å²) >= 11 is 0. The minimum Gasteiger partial charge on any atom is -0.338 e. The summed E-state index contributed by atoms with van der Waals surface area (Å²) < 4.78 is 37.0. The Balaban J connectivity index is 1.58. The molecule has 2 fully saturated rings. The first-order chi connectivity index (χ1) is 10.8. The molecule has 0 radical (unpaired) electrons. The molecule has 7 heteroatoms. The molecule has 0 unspecified atom stereocenters. The van der Waals surface area contributed by atoms with Gasteiger partial charge in [-0.05, 0) is 57.0 Å². The normalized spacial score (nSPS) is 22.3. The van der Waals surface area contributed by atoms with Gasteiger partial charge in [-0.15, -0.1) is 0 Å². The van der Waals surface area contributed by atoms with E-state index in [9.17, 15) is 18.0 Å². The number of hydrogen-bond acceptors (Lipinski definition) is 2. The molecular formula is C16H28F3N3O. The molecule has 0 bridgehead atoms. The smallest absolute Gasteiger partial charge is 0.338 e. The Bertz CT molecular complexity index is 373. The highest BCUT2D eigenvalue weighted by atomic mass is 19.4. The lowest BCUT2D eigenvalue weighted by Crippen LogP contribution is -2.45. The molecule has 2 aliphatic heterocycles. The summed E-state index contributed by atoms with van der Waals surface area (Å²) in [5.74, 6) is 1.11. The Kier molecular flexibility index (Phi) is 6.56. The van der Waals surface area contributed by atoms with Gasteiger partial charge in [-0.1, -0.05) is 6.92 Å². The predicted octanol–water partition coefficient (Wildman–Crippen LogP) is 3.09. The molecule has 0 aromatic carbocycles. The Morgan fingerprint density at radius 3 is 2.26 bits per heavy atom. The van der Waals surface area contributed by atoms with Crippen molar-refractivity contribution in [2.24, 2.45) is 11.8 Å². The molecule has 0 aromatic heterocycles. The van der Waals surface area contributed by atoms with Gasteiger partial charge >= 0.3 is 12.2 Å². The van der Waals surface area contributed by atoms with Crippen LogP contribution in [-0.2, 0) is 0 Å². The molecule has 2 heterocycles.